The van der Waals surface area contributed by atoms with Crippen molar-refractivity contribution >= 4 is 68.9 Å². The predicted molar refractivity (Wildman–Crippen MR) is 139 cm³/mol. The van der Waals surface area contributed by atoms with Crippen LogP contribution >= 0.6 is 46.3 Å². The van der Waals surface area contributed by atoms with Gasteiger partial charge in [-0.15, -0.1) is 23.1 Å². The van der Waals surface area contributed by atoms with Crippen LogP contribution < -0.4 is 10.6 Å². The summed E-state index contributed by atoms with van der Waals surface area (Å²) in [4.78, 5) is 30.1. The first-order chi connectivity index (χ1) is 16.0. The standard InChI is InChI=1S/C24H23Cl2N3O2S2/c25-19-11-6-16(12-20(19)26)21-13-33-24(28-21)29-22(30)14-32-18-9-7-17(8-10-18)27-23(31)15-4-2-1-3-5-15/h6-13,15H,1-5,14H2,(H,27,31)(H,28,29,30). The van der Waals surface area contributed by atoms with Crippen molar-refractivity contribution in [2.75, 3.05) is 16.4 Å². The minimum absolute atomic E-state index is 0.109. The zero-order valence-electron chi connectivity index (χ0n) is 17.8. The maximum atomic E-state index is 12.4. The van der Waals surface area contributed by atoms with Crippen LogP contribution in [-0.2, 0) is 9.59 Å². The van der Waals surface area contributed by atoms with Crippen LogP contribution in [0.1, 0.15) is 32.1 Å². The summed E-state index contributed by atoms with van der Waals surface area (Å²) in [5.41, 5.74) is 2.36. The summed E-state index contributed by atoms with van der Waals surface area (Å²) < 4.78 is 0. The van der Waals surface area contributed by atoms with E-state index in [-0.39, 0.29) is 23.5 Å². The number of aromatic nitrogens is 1. The van der Waals surface area contributed by atoms with Gasteiger partial charge in [0.2, 0.25) is 11.8 Å². The molecule has 0 spiro atoms. The van der Waals surface area contributed by atoms with Gasteiger partial charge in [0.25, 0.3) is 0 Å². The fraction of sp³-hybridized carbons (Fsp3) is 0.292. The van der Waals surface area contributed by atoms with Gasteiger partial charge in [0.05, 0.1) is 21.5 Å². The lowest BCUT2D eigenvalue weighted by molar-refractivity contribution is -0.120. The number of carbonyl (C=O) groups is 2. The molecule has 0 saturated heterocycles. The lowest BCUT2D eigenvalue weighted by Gasteiger charge is -2.20. The summed E-state index contributed by atoms with van der Waals surface area (Å²) in [5, 5.41) is 9.18. The molecule has 172 valence electrons. The number of hydrogen-bond acceptors (Lipinski definition) is 5. The smallest absolute Gasteiger partial charge is 0.236 e. The Labute approximate surface area is 211 Å². The van der Waals surface area contributed by atoms with Gasteiger partial charge in [-0.25, -0.2) is 4.98 Å². The number of nitrogens with zero attached hydrogens (tertiary/aromatic N) is 1. The Kier molecular flexibility index (Phi) is 8.30. The topological polar surface area (TPSA) is 71.1 Å². The van der Waals surface area contributed by atoms with Gasteiger partial charge in [0, 0.05) is 27.4 Å². The molecule has 1 aliphatic rings. The van der Waals surface area contributed by atoms with Crippen molar-refractivity contribution in [1.29, 1.82) is 0 Å². The Bertz CT molecular complexity index is 1130. The minimum Gasteiger partial charge on any atom is -0.326 e. The molecule has 1 heterocycles. The SMILES string of the molecule is O=C(CSc1ccc(NC(=O)C2CCCCC2)cc1)Nc1nc(-c2ccc(Cl)c(Cl)c2)cs1. The molecule has 33 heavy (non-hydrogen) atoms. The van der Waals surface area contributed by atoms with E-state index in [4.69, 9.17) is 23.2 Å². The van der Waals surface area contributed by atoms with E-state index >= 15 is 0 Å². The van der Waals surface area contributed by atoms with E-state index in [2.05, 4.69) is 15.6 Å². The summed E-state index contributed by atoms with van der Waals surface area (Å²) in [6, 6.07) is 12.9. The van der Waals surface area contributed by atoms with Gasteiger partial charge in [0.15, 0.2) is 5.13 Å². The Morgan fingerprint density at radius 2 is 1.76 bits per heavy atom. The van der Waals surface area contributed by atoms with Crippen molar-refractivity contribution < 1.29 is 9.59 Å². The molecule has 9 heteroatoms. The molecular formula is C24H23Cl2N3O2S2. The monoisotopic (exact) mass is 519 g/mol. The zero-order chi connectivity index (χ0) is 23.2. The van der Waals surface area contributed by atoms with E-state index in [1.165, 1.54) is 29.5 Å². The lowest BCUT2D eigenvalue weighted by atomic mass is 9.88. The Balaban J connectivity index is 1.25. The van der Waals surface area contributed by atoms with Gasteiger partial charge in [-0.1, -0.05) is 48.5 Å². The zero-order valence-corrected chi connectivity index (χ0v) is 20.9. The first kappa shape index (κ1) is 24.1. The van der Waals surface area contributed by atoms with E-state index in [1.54, 1.807) is 12.1 Å². The number of rotatable bonds is 7. The highest BCUT2D eigenvalue weighted by molar-refractivity contribution is 8.00. The van der Waals surface area contributed by atoms with Crippen LogP contribution in [0, 0.1) is 5.92 Å². The fourth-order valence-corrected chi connectivity index (χ4v) is 5.40. The molecule has 5 nitrogen and oxygen atoms in total. The summed E-state index contributed by atoms with van der Waals surface area (Å²) in [6.07, 6.45) is 5.44. The largest absolute Gasteiger partial charge is 0.326 e. The predicted octanol–water partition coefficient (Wildman–Crippen LogP) is 7.37. The molecule has 2 aromatic carbocycles. The molecule has 1 saturated carbocycles. The molecule has 1 aliphatic carbocycles. The van der Waals surface area contributed by atoms with E-state index in [9.17, 15) is 9.59 Å². The highest BCUT2D eigenvalue weighted by Crippen LogP contribution is 2.31. The lowest BCUT2D eigenvalue weighted by Crippen LogP contribution is -2.24. The molecule has 0 radical (unpaired) electrons. The molecule has 1 aromatic heterocycles. The number of hydrogen-bond donors (Lipinski definition) is 2. The van der Waals surface area contributed by atoms with Crippen LogP contribution in [0.5, 0.6) is 0 Å². The van der Waals surface area contributed by atoms with Crippen molar-refractivity contribution in [3.63, 3.8) is 0 Å². The number of anilines is 2. The number of thiazole rings is 1. The maximum Gasteiger partial charge on any atom is 0.236 e. The van der Waals surface area contributed by atoms with Gasteiger partial charge < -0.3 is 10.6 Å². The van der Waals surface area contributed by atoms with Crippen molar-refractivity contribution in [2.45, 2.75) is 37.0 Å². The molecular weight excluding hydrogens is 497 g/mol. The minimum atomic E-state index is -0.135. The van der Waals surface area contributed by atoms with Crippen LogP contribution in [-0.4, -0.2) is 22.6 Å². The van der Waals surface area contributed by atoms with E-state index in [0.29, 0.717) is 15.2 Å². The maximum absolute atomic E-state index is 12.4. The highest BCUT2D eigenvalue weighted by Gasteiger charge is 2.21. The molecule has 4 rings (SSSR count). The van der Waals surface area contributed by atoms with E-state index < -0.39 is 0 Å². The van der Waals surface area contributed by atoms with Crippen LogP contribution in [0.4, 0.5) is 10.8 Å². The molecule has 0 bridgehead atoms. The van der Waals surface area contributed by atoms with Crippen molar-refractivity contribution in [2.24, 2.45) is 5.92 Å². The molecule has 2 N–H and O–H groups in total. The fourth-order valence-electron chi connectivity index (χ4n) is 3.67. The highest BCUT2D eigenvalue weighted by atomic mass is 35.5. The third kappa shape index (κ3) is 6.73. The average Bonchev–Trinajstić information content (AvgIpc) is 3.29. The molecule has 1 fully saturated rings. The van der Waals surface area contributed by atoms with Crippen LogP contribution in [0.3, 0.4) is 0 Å². The van der Waals surface area contributed by atoms with Gasteiger partial charge in [-0.3, -0.25) is 9.59 Å². The summed E-state index contributed by atoms with van der Waals surface area (Å²) in [6.45, 7) is 0. The summed E-state index contributed by atoms with van der Waals surface area (Å²) >= 11 is 14.8. The molecule has 0 aliphatic heterocycles. The molecule has 0 atom stereocenters. The van der Waals surface area contributed by atoms with Gasteiger partial charge in [0.1, 0.15) is 0 Å². The second-order valence-corrected chi connectivity index (χ2v) is 10.6. The summed E-state index contributed by atoms with van der Waals surface area (Å²) in [5.74, 6) is 0.359. The number of amides is 2. The Morgan fingerprint density at radius 1 is 1.00 bits per heavy atom. The second-order valence-electron chi connectivity index (χ2n) is 7.85. The Hall–Kier alpha value is -2.06. The van der Waals surface area contributed by atoms with Crippen LogP contribution in [0.25, 0.3) is 11.3 Å². The van der Waals surface area contributed by atoms with Crippen LogP contribution in [0.15, 0.2) is 52.7 Å². The van der Waals surface area contributed by atoms with Crippen molar-refractivity contribution in [3.8, 4) is 11.3 Å². The molecule has 0 unspecified atom stereocenters. The first-order valence-corrected chi connectivity index (χ1v) is 13.3. The third-order valence-corrected chi connectivity index (χ3v) is 7.94. The molecule has 2 amide bonds. The Morgan fingerprint density at radius 3 is 2.48 bits per heavy atom. The number of benzene rings is 2. The van der Waals surface area contributed by atoms with Gasteiger partial charge in [-0.2, -0.15) is 0 Å². The van der Waals surface area contributed by atoms with E-state index in [1.807, 2.05) is 35.7 Å². The number of halogens is 2. The quantitative estimate of drug-likeness (QED) is 0.319. The second kappa shape index (κ2) is 11.4. The van der Waals surface area contributed by atoms with Crippen molar-refractivity contribution in [3.05, 3.63) is 57.9 Å². The van der Waals surface area contributed by atoms with Gasteiger partial charge in [-0.05, 0) is 49.2 Å². The third-order valence-electron chi connectivity index (χ3n) is 5.43. The normalized spacial score (nSPS) is 14.1. The summed E-state index contributed by atoms with van der Waals surface area (Å²) in [7, 11) is 0. The van der Waals surface area contributed by atoms with Crippen LogP contribution in [0.2, 0.25) is 10.0 Å². The number of carbonyl (C=O) groups excluding carboxylic acids is 2. The first-order valence-electron chi connectivity index (χ1n) is 10.7. The molecule has 3 aromatic rings. The number of nitrogens with one attached hydrogen (secondary N) is 2. The number of thioether (sulfide) groups is 1. The van der Waals surface area contributed by atoms with Crippen molar-refractivity contribution in [1.82, 2.24) is 4.98 Å². The van der Waals surface area contributed by atoms with E-state index in [0.717, 1.165) is 47.5 Å². The average molecular weight is 521 g/mol. The van der Waals surface area contributed by atoms with Gasteiger partial charge >= 0.3 is 0 Å².